The lowest BCUT2D eigenvalue weighted by Crippen LogP contribution is -2.31. The molecule has 0 aliphatic heterocycles. The Balaban J connectivity index is 1.80. The predicted octanol–water partition coefficient (Wildman–Crippen LogP) is 4.89. The zero-order valence-electron chi connectivity index (χ0n) is 16.1. The Morgan fingerprint density at radius 1 is 1.04 bits per heavy atom. The molecule has 0 atom stereocenters. The molecule has 2 aromatic carbocycles. The van der Waals surface area contributed by atoms with Crippen molar-refractivity contribution in [2.24, 2.45) is 0 Å². The van der Waals surface area contributed by atoms with Gasteiger partial charge in [0.2, 0.25) is 0 Å². The van der Waals surface area contributed by atoms with Crippen molar-refractivity contribution in [3.8, 4) is 0 Å². The van der Waals surface area contributed by atoms with E-state index in [0.717, 1.165) is 17.5 Å². The summed E-state index contributed by atoms with van der Waals surface area (Å²) in [6.45, 7) is 5.15. The van der Waals surface area contributed by atoms with E-state index in [1.807, 2.05) is 48.2 Å². The molecule has 0 saturated carbocycles. The third kappa shape index (κ3) is 4.68. The largest absolute Gasteiger partial charge is 0.459 e. The molecule has 0 aliphatic carbocycles. The van der Waals surface area contributed by atoms with Crippen LogP contribution >= 0.6 is 0 Å². The number of hydrogen-bond donors (Lipinski definition) is 1. The molecule has 5 heteroatoms. The summed E-state index contributed by atoms with van der Waals surface area (Å²) in [5, 5.41) is 2.83. The molecule has 28 heavy (non-hydrogen) atoms. The zero-order chi connectivity index (χ0) is 19.9. The highest BCUT2D eigenvalue weighted by Crippen LogP contribution is 2.20. The van der Waals surface area contributed by atoms with Crippen LogP contribution in [-0.2, 0) is 6.54 Å². The minimum atomic E-state index is -0.340. The molecule has 1 N–H and O–H groups in total. The van der Waals surface area contributed by atoms with Gasteiger partial charge >= 0.3 is 0 Å². The quantitative estimate of drug-likeness (QED) is 0.638. The van der Waals surface area contributed by atoms with Gasteiger partial charge in [-0.3, -0.25) is 9.59 Å². The molecule has 0 spiro atoms. The minimum absolute atomic E-state index is 0.0563. The van der Waals surface area contributed by atoms with Gasteiger partial charge in [0.25, 0.3) is 11.8 Å². The summed E-state index contributed by atoms with van der Waals surface area (Å²) in [6, 6.07) is 18.6. The van der Waals surface area contributed by atoms with Crippen molar-refractivity contribution >= 4 is 17.5 Å². The van der Waals surface area contributed by atoms with Gasteiger partial charge in [-0.2, -0.15) is 0 Å². The standard InChI is InChI=1S/C23H24N2O3/c1-3-13-25(16-18-8-5-4-6-9-18)23(27)19-12-11-17(2)20(15-19)24-22(26)21-10-7-14-28-21/h4-12,14-15H,3,13,16H2,1-2H3,(H,24,26). The molecule has 3 aromatic rings. The maximum Gasteiger partial charge on any atom is 0.291 e. The SMILES string of the molecule is CCCN(Cc1ccccc1)C(=O)c1ccc(C)c(NC(=O)c2ccco2)c1. The van der Waals surface area contributed by atoms with E-state index in [1.165, 1.54) is 6.26 Å². The highest BCUT2D eigenvalue weighted by molar-refractivity contribution is 6.03. The van der Waals surface area contributed by atoms with Crippen LogP contribution in [0.1, 0.15) is 45.4 Å². The molecule has 0 radical (unpaired) electrons. The summed E-state index contributed by atoms with van der Waals surface area (Å²) in [5.74, 6) is -0.167. The fourth-order valence-electron chi connectivity index (χ4n) is 2.99. The van der Waals surface area contributed by atoms with Crippen LogP contribution in [0.15, 0.2) is 71.3 Å². The lowest BCUT2D eigenvalue weighted by atomic mass is 10.1. The maximum atomic E-state index is 13.1. The van der Waals surface area contributed by atoms with E-state index in [-0.39, 0.29) is 17.6 Å². The molecule has 0 unspecified atom stereocenters. The third-order valence-electron chi connectivity index (χ3n) is 4.47. The Kier molecular flexibility index (Phi) is 6.27. The van der Waals surface area contributed by atoms with Crippen LogP contribution in [0.25, 0.3) is 0 Å². The molecule has 3 rings (SSSR count). The summed E-state index contributed by atoms with van der Waals surface area (Å²) in [5.41, 5.74) is 3.11. The van der Waals surface area contributed by atoms with Crippen LogP contribution in [0.5, 0.6) is 0 Å². The first-order valence-electron chi connectivity index (χ1n) is 9.37. The zero-order valence-corrected chi connectivity index (χ0v) is 16.1. The lowest BCUT2D eigenvalue weighted by Gasteiger charge is -2.23. The second kappa shape index (κ2) is 9.04. The van der Waals surface area contributed by atoms with Crippen LogP contribution < -0.4 is 5.32 Å². The van der Waals surface area contributed by atoms with E-state index in [2.05, 4.69) is 12.2 Å². The molecular weight excluding hydrogens is 352 g/mol. The summed E-state index contributed by atoms with van der Waals surface area (Å²) in [7, 11) is 0. The van der Waals surface area contributed by atoms with Gasteiger partial charge in [0.05, 0.1) is 6.26 Å². The van der Waals surface area contributed by atoms with Crippen molar-refractivity contribution < 1.29 is 14.0 Å². The summed E-state index contributed by atoms with van der Waals surface area (Å²) >= 11 is 0. The van der Waals surface area contributed by atoms with Gasteiger partial charge in [-0.1, -0.05) is 43.3 Å². The molecule has 5 nitrogen and oxygen atoms in total. The van der Waals surface area contributed by atoms with Gasteiger partial charge in [-0.25, -0.2) is 0 Å². The summed E-state index contributed by atoms with van der Waals surface area (Å²) in [6.07, 6.45) is 2.32. The van der Waals surface area contributed by atoms with E-state index >= 15 is 0 Å². The average Bonchev–Trinajstić information content (AvgIpc) is 3.24. The van der Waals surface area contributed by atoms with Crippen molar-refractivity contribution in [1.29, 1.82) is 0 Å². The van der Waals surface area contributed by atoms with E-state index in [0.29, 0.717) is 24.3 Å². The number of nitrogens with zero attached hydrogens (tertiary/aromatic N) is 1. The molecule has 1 aromatic heterocycles. The van der Waals surface area contributed by atoms with E-state index in [4.69, 9.17) is 4.42 Å². The number of amides is 2. The number of benzene rings is 2. The second-order valence-corrected chi connectivity index (χ2v) is 6.67. The maximum absolute atomic E-state index is 13.1. The van der Waals surface area contributed by atoms with Crippen LogP contribution in [0.4, 0.5) is 5.69 Å². The average molecular weight is 376 g/mol. The molecule has 0 bridgehead atoms. The van der Waals surface area contributed by atoms with Gasteiger partial charge in [0.15, 0.2) is 5.76 Å². The molecular formula is C23H24N2O3. The first-order valence-corrected chi connectivity index (χ1v) is 9.37. The number of hydrogen-bond acceptors (Lipinski definition) is 3. The lowest BCUT2D eigenvalue weighted by molar-refractivity contribution is 0.0743. The van der Waals surface area contributed by atoms with Gasteiger partial charge in [-0.05, 0) is 48.7 Å². The second-order valence-electron chi connectivity index (χ2n) is 6.67. The fourth-order valence-corrected chi connectivity index (χ4v) is 2.99. The van der Waals surface area contributed by atoms with Crippen molar-refractivity contribution in [3.05, 3.63) is 89.4 Å². The summed E-state index contributed by atoms with van der Waals surface area (Å²) < 4.78 is 5.13. The number of carbonyl (C=O) groups excluding carboxylic acids is 2. The van der Waals surface area contributed by atoms with Gasteiger partial charge in [0.1, 0.15) is 0 Å². The van der Waals surface area contributed by atoms with Gasteiger partial charge < -0.3 is 14.6 Å². The monoisotopic (exact) mass is 376 g/mol. The molecule has 0 saturated heterocycles. The Labute approximate surface area is 165 Å². The van der Waals surface area contributed by atoms with Crippen molar-refractivity contribution in [2.75, 3.05) is 11.9 Å². The Hall–Kier alpha value is -3.34. The molecule has 1 heterocycles. The van der Waals surface area contributed by atoms with E-state index in [1.54, 1.807) is 24.3 Å². The third-order valence-corrected chi connectivity index (χ3v) is 4.47. The highest BCUT2D eigenvalue weighted by Gasteiger charge is 2.18. The molecule has 2 amide bonds. The number of anilines is 1. The van der Waals surface area contributed by atoms with E-state index < -0.39 is 0 Å². The first kappa shape index (κ1) is 19.4. The minimum Gasteiger partial charge on any atom is -0.459 e. The Bertz CT molecular complexity index is 934. The van der Waals surface area contributed by atoms with E-state index in [9.17, 15) is 9.59 Å². The number of aryl methyl sites for hydroxylation is 1. The van der Waals surface area contributed by atoms with Crippen molar-refractivity contribution in [2.45, 2.75) is 26.8 Å². The number of carbonyl (C=O) groups is 2. The molecule has 144 valence electrons. The normalized spacial score (nSPS) is 10.5. The van der Waals surface area contributed by atoms with Gasteiger partial charge in [-0.15, -0.1) is 0 Å². The fraction of sp³-hybridized carbons (Fsp3) is 0.217. The molecule has 0 aliphatic rings. The number of rotatable bonds is 7. The van der Waals surface area contributed by atoms with Crippen molar-refractivity contribution in [3.63, 3.8) is 0 Å². The number of furan rings is 1. The smallest absolute Gasteiger partial charge is 0.291 e. The van der Waals surface area contributed by atoms with Crippen LogP contribution in [0, 0.1) is 6.92 Å². The van der Waals surface area contributed by atoms with Crippen molar-refractivity contribution in [1.82, 2.24) is 4.90 Å². The Morgan fingerprint density at radius 3 is 2.50 bits per heavy atom. The number of nitrogens with one attached hydrogen (secondary N) is 1. The Morgan fingerprint density at radius 2 is 1.82 bits per heavy atom. The van der Waals surface area contributed by atoms with Crippen LogP contribution in [-0.4, -0.2) is 23.3 Å². The topological polar surface area (TPSA) is 62.6 Å². The highest BCUT2D eigenvalue weighted by atomic mass is 16.3. The predicted molar refractivity (Wildman–Crippen MR) is 109 cm³/mol. The first-order chi connectivity index (χ1) is 13.6. The molecule has 0 fully saturated rings. The van der Waals surface area contributed by atoms with Crippen LogP contribution in [0.3, 0.4) is 0 Å². The van der Waals surface area contributed by atoms with Gasteiger partial charge in [0, 0.05) is 24.3 Å². The van der Waals surface area contributed by atoms with Crippen LogP contribution in [0.2, 0.25) is 0 Å². The summed E-state index contributed by atoms with van der Waals surface area (Å²) in [4.78, 5) is 27.2.